The SMILES string of the molecule is Cc1nc(C2(O)CCCC3CC32)cs1. The van der Waals surface area contributed by atoms with Crippen LogP contribution >= 0.6 is 11.3 Å². The summed E-state index contributed by atoms with van der Waals surface area (Å²) in [7, 11) is 0. The smallest absolute Gasteiger partial charge is 0.110 e. The van der Waals surface area contributed by atoms with Crippen LogP contribution in [0.15, 0.2) is 5.38 Å². The lowest BCUT2D eigenvalue weighted by atomic mass is 9.82. The lowest BCUT2D eigenvalue weighted by Crippen LogP contribution is -2.32. The van der Waals surface area contributed by atoms with Gasteiger partial charge in [0.2, 0.25) is 0 Å². The van der Waals surface area contributed by atoms with E-state index in [1.54, 1.807) is 11.3 Å². The quantitative estimate of drug-likeness (QED) is 0.770. The molecule has 0 saturated heterocycles. The topological polar surface area (TPSA) is 33.1 Å². The molecule has 2 saturated carbocycles. The van der Waals surface area contributed by atoms with Crippen LogP contribution < -0.4 is 0 Å². The number of aromatic nitrogens is 1. The minimum Gasteiger partial charge on any atom is -0.383 e. The van der Waals surface area contributed by atoms with Gasteiger partial charge in [0.05, 0.1) is 10.7 Å². The number of hydrogen-bond donors (Lipinski definition) is 1. The first kappa shape index (κ1) is 8.86. The highest BCUT2D eigenvalue weighted by molar-refractivity contribution is 7.09. The average Bonchev–Trinajstić information content (AvgIpc) is 2.83. The van der Waals surface area contributed by atoms with Crippen molar-refractivity contribution < 1.29 is 5.11 Å². The standard InChI is InChI=1S/C11H15NOS/c1-7-12-10(6-14-7)11(13)4-2-3-8-5-9(8)11/h6,8-9,13H,2-5H2,1H3. The number of thiazole rings is 1. The van der Waals surface area contributed by atoms with Crippen molar-refractivity contribution in [2.75, 3.05) is 0 Å². The second-order valence-electron chi connectivity index (χ2n) is 4.67. The molecule has 2 aliphatic carbocycles. The molecule has 1 N–H and O–H groups in total. The van der Waals surface area contributed by atoms with Crippen molar-refractivity contribution in [2.45, 2.75) is 38.2 Å². The van der Waals surface area contributed by atoms with Crippen LogP contribution in [0, 0.1) is 18.8 Å². The van der Waals surface area contributed by atoms with Gasteiger partial charge in [-0.1, -0.05) is 0 Å². The zero-order valence-corrected chi connectivity index (χ0v) is 9.18. The molecule has 0 aromatic carbocycles. The van der Waals surface area contributed by atoms with E-state index < -0.39 is 5.60 Å². The zero-order chi connectivity index (χ0) is 9.76. The lowest BCUT2D eigenvalue weighted by Gasteiger charge is -2.30. The Bertz CT molecular complexity index is 362. The van der Waals surface area contributed by atoms with Crippen molar-refractivity contribution >= 4 is 11.3 Å². The van der Waals surface area contributed by atoms with Gasteiger partial charge in [-0.3, -0.25) is 0 Å². The summed E-state index contributed by atoms with van der Waals surface area (Å²) in [6, 6.07) is 0. The summed E-state index contributed by atoms with van der Waals surface area (Å²) in [4.78, 5) is 4.45. The van der Waals surface area contributed by atoms with Crippen LogP contribution in [0.5, 0.6) is 0 Å². The van der Waals surface area contributed by atoms with Gasteiger partial charge in [0, 0.05) is 5.38 Å². The third-order valence-corrected chi connectivity index (χ3v) is 4.50. The van der Waals surface area contributed by atoms with E-state index in [1.807, 2.05) is 12.3 Å². The molecule has 0 amide bonds. The van der Waals surface area contributed by atoms with Gasteiger partial charge in [0.25, 0.3) is 0 Å². The minimum atomic E-state index is -0.576. The number of fused-ring (bicyclic) bond motifs is 1. The second kappa shape index (κ2) is 2.80. The first-order chi connectivity index (χ1) is 6.70. The van der Waals surface area contributed by atoms with Gasteiger partial charge < -0.3 is 5.11 Å². The van der Waals surface area contributed by atoms with Crippen molar-refractivity contribution in [2.24, 2.45) is 11.8 Å². The normalized spacial score (nSPS) is 40.7. The molecule has 2 aliphatic rings. The molecule has 0 radical (unpaired) electrons. The monoisotopic (exact) mass is 209 g/mol. The Hall–Kier alpha value is -0.410. The predicted molar refractivity (Wildman–Crippen MR) is 56.2 cm³/mol. The van der Waals surface area contributed by atoms with E-state index in [0.717, 1.165) is 29.5 Å². The number of nitrogens with zero attached hydrogens (tertiary/aromatic N) is 1. The summed E-state index contributed by atoms with van der Waals surface area (Å²) in [5.41, 5.74) is 0.362. The molecule has 0 bridgehead atoms. The summed E-state index contributed by atoms with van der Waals surface area (Å²) in [5, 5.41) is 13.7. The summed E-state index contributed by atoms with van der Waals surface area (Å²) >= 11 is 1.65. The molecule has 2 fully saturated rings. The zero-order valence-electron chi connectivity index (χ0n) is 8.36. The van der Waals surface area contributed by atoms with Gasteiger partial charge in [0.1, 0.15) is 5.60 Å². The van der Waals surface area contributed by atoms with Crippen LogP contribution in [0.2, 0.25) is 0 Å². The molecule has 14 heavy (non-hydrogen) atoms. The number of aliphatic hydroxyl groups is 1. The van der Waals surface area contributed by atoms with Crippen LogP contribution in [-0.2, 0) is 5.60 Å². The van der Waals surface area contributed by atoms with Crippen molar-refractivity contribution in [3.8, 4) is 0 Å². The predicted octanol–water partition coefficient (Wildman–Crippen LogP) is 2.46. The van der Waals surface area contributed by atoms with Gasteiger partial charge in [-0.05, 0) is 44.4 Å². The molecule has 2 nitrogen and oxygen atoms in total. The second-order valence-corrected chi connectivity index (χ2v) is 5.73. The Balaban J connectivity index is 1.95. The number of rotatable bonds is 1. The molecule has 1 aromatic rings. The fourth-order valence-electron chi connectivity index (χ4n) is 2.85. The molecule has 3 heteroatoms. The number of aryl methyl sites for hydroxylation is 1. The summed E-state index contributed by atoms with van der Waals surface area (Å²) < 4.78 is 0. The van der Waals surface area contributed by atoms with E-state index in [2.05, 4.69) is 4.98 Å². The van der Waals surface area contributed by atoms with E-state index in [9.17, 15) is 5.11 Å². The van der Waals surface area contributed by atoms with Crippen LogP contribution in [0.3, 0.4) is 0 Å². The van der Waals surface area contributed by atoms with Gasteiger partial charge in [-0.15, -0.1) is 11.3 Å². The van der Waals surface area contributed by atoms with Crippen LogP contribution in [0.4, 0.5) is 0 Å². The molecule has 0 aliphatic heterocycles. The van der Waals surface area contributed by atoms with Gasteiger partial charge >= 0.3 is 0 Å². The molecule has 1 heterocycles. The Labute approximate surface area is 88.0 Å². The Morgan fingerprint density at radius 1 is 1.64 bits per heavy atom. The third-order valence-electron chi connectivity index (χ3n) is 3.73. The van der Waals surface area contributed by atoms with Crippen LogP contribution in [0.25, 0.3) is 0 Å². The molecule has 3 atom stereocenters. The molecule has 76 valence electrons. The summed E-state index contributed by atoms with van der Waals surface area (Å²) in [5.74, 6) is 1.30. The van der Waals surface area contributed by atoms with Gasteiger partial charge in [0.15, 0.2) is 0 Å². The fourth-order valence-corrected chi connectivity index (χ4v) is 3.54. The summed E-state index contributed by atoms with van der Waals surface area (Å²) in [6.07, 6.45) is 4.61. The first-order valence-corrected chi connectivity index (χ1v) is 6.23. The van der Waals surface area contributed by atoms with Crippen molar-refractivity contribution in [1.82, 2.24) is 4.98 Å². The molecule has 1 aromatic heterocycles. The van der Waals surface area contributed by atoms with Gasteiger partial charge in [-0.25, -0.2) is 4.98 Å². The molecular formula is C11H15NOS. The Kier molecular flexibility index (Phi) is 1.77. The highest BCUT2D eigenvalue weighted by atomic mass is 32.1. The summed E-state index contributed by atoms with van der Waals surface area (Å²) in [6.45, 7) is 2.00. The van der Waals surface area contributed by atoms with E-state index in [1.165, 1.54) is 12.8 Å². The van der Waals surface area contributed by atoms with Crippen LogP contribution in [-0.4, -0.2) is 10.1 Å². The van der Waals surface area contributed by atoms with E-state index in [4.69, 9.17) is 0 Å². The molecular weight excluding hydrogens is 194 g/mol. The number of hydrogen-bond acceptors (Lipinski definition) is 3. The average molecular weight is 209 g/mol. The van der Waals surface area contributed by atoms with Gasteiger partial charge in [-0.2, -0.15) is 0 Å². The van der Waals surface area contributed by atoms with Crippen LogP contribution in [0.1, 0.15) is 36.4 Å². The molecule has 3 rings (SSSR count). The van der Waals surface area contributed by atoms with Crippen molar-refractivity contribution in [1.29, 1.82) is 0 Å². The fraction of sp³-hybridized carbons (Fsp3) is 0.727. The van der Waals surface area contributed by atoms with E-state index >= 15 is 0 Å². The van der Waals surface area contributed by atoms with Crippen molar-refractivity contribution in [3.05, 3.63) is 16.1 Å². The highest BCUT2D eigenvalue weighted by Gasteiger charge is 2.55. The minimum absolute atomic E-state index is 0.512. The Morgan fingerprint density at radius 3 is 3.21 bits per heavy atom. The first-order valence-electron chi connectivity index (χ1n) is 5.35. The largest absolute Gasteiger partial charge is 0.383 e. The maximum absolute atomic E-state index is 10.6. The molecule has 3 unspecified atom stereocenters. The van der Waals surface area contributed by atoms with E-state index in [-0.39, 0.29) is 0 Å². The van der Waals surface area contributed by atoms with Crippen molar-refractivity contribution in [3.63, 3.8) is 0 Å². The Morgan fingerprint density at radius 2 is 2.50 bits per heavy atom. The lowest BCUT2D eigenvalue weighted by molar-refractivity contribution is -0.0195. The van der Waals surface area contributed by atoms with E-state index in [0.29, 0.717) is 5.92 Å². The maximum Gasteiger partial charge on any atom is 0.110 e. The molecule has 0 spiro atoms. The maximum atomic E-state index is 10.6. The highest BCUT2D eigenvalue weighted by Crippen LogP contribution is 2.58. The third kappa shape index (κ3) is 1.15.